The lowest BCUT2D eigenvalue weighted by Crippen LogP contribution is -2.51. The smallest absolute Gasteiger partial charge is 0.242 e. The average Bonchev–Trinajstić information content (AvgIpc) is 3.20. The summed E-state index contributed by atoms with van der Waals surface area (Å²) in [6, 6.07) is 9.65. The summed E-state index contributed by atoms with van der Waals surface area (Å²) in [6.07, 6.45) is 4.76. The zero-order valence-electron chi connectivity index (χ0n) is 16.0. The molecule has 3 rings (SSSR count). The normalized spacial score (nSPS) is 19.8. The van der Waals surface area contributed by atoms with Gasteiger partial charge in [-0.1, -0.05) is 43.2 Å². The lowest BCUT2D eigenvalue weighted by atomic mass is 10.0. The van der Waals surface area contributed by atoms with Crippen molar-refractivity contribution in [1.82, 2.24) is 15.1 Å². The first-order valence-electron chi connectivity index (χ1n) is 10.1. The maximum absolute atomic E-state index is 12.3. The number of aliphatic hydroxyl groups excluding tert-OH is 1. The molecule has 1 atom stereocenters. The number of carbonyl (C=O) groups excluding carboxylic acids is 2. The molecule has 27 heavy (non-hydrogen) atoms. The highest BCUT2D eigenvalue weighted by atomic mass is 16.3. The number of piperazine rings is 1. The average molecular weight is 373 g/mol. The van der Waals surface area contributed by atoms with Gasteiger partial charge in [-0.15, -0.1) is 0 Å². The molecule has 2 aliphatic rings. The molecule has 0 radical (unpaired) electrons. The quantitative estimate of drug-likeness (QED) is 0.761. The number of nitrogens with one attached hydrogen (secondary N) is 1. The van der Waals surface area contributed by atoms with Crippen LogP contribution in [0.5, 0.6) is 0 Å². The summed E-state index contributed by atoms with van der Waals surface area (Å²) in [7, 11) is 0. The minimum absolute atomic E-state index is 0.000121. The van der Waals surface area contributed by atoms with Crippen molar-refractivity contribution in [3.8, 4) is 0 Å². The summed E-state index contributed by atoms with van der Waals surface area (Å²) in [6.45, 7) is 3.43. The number of benzene rings is 1. The molecule has 6 nitrogen and oxygen atoms in total. The van der Waals surface area contributed by atoms with E-state index in [9.17, 15) is 14.7 Å². The molecule has 1 heterocycles. The van der Waals surface area contributed by atoms with Crippen LogP contribution in [-0.4, -0.2) is 66.0 Å². The Hall–Kier alpha value is -1.92. The summed E-state index contributed by atoms with van der Waals surface area (Å²) < 4.78 is 0. The van der Waals surface area contributed by atoms with Gasteiger partial charge in [-0.25, -0.2) is 0 Å². The number of hydrogen-bond donors (Lipinski definition) is 2. The van der Waals surface area contributed by atoms with Crippen LogP contribution in [0.25, 0.3) is 0 Å². The van der Waals surface area contributed by atoms with Crippen molar-refractivity contribution in [2.45, 2.75) is 38.2 Å². The first kappa shape index (κ1) is 19.8. The van der Waals surface area contributed by atoms with Crippen LogP contribution in [0.4, 0.5) is 0 Å². The Morgan fingerprint density at radius 1 is 1.07 bits per heavy atom. The number of aliphatic hydroxyl groups is 1. The highest BCUT2D eigenvalue weighted by Crippen LogP contribution is 2.27. The molecule has 1 aliphatic carbocycles. The molecule has 1 aliphatic heterocycles. The molecule has 2 N–H and O–H groups in total. The predicted molar refractivity (Wildman–Crippen MR) is 104 cm³/mol. The zero-order chi connectivity index (χ0) is 19.1. The Kier molecular flexibility index (Phi) is 7.24. The standard InChI is InChI=1S/C21H31N3O3/c25-19(18-8-2-1-3-9-18)16-23-10-12-24(13-11-23)21(27)15-22-20(26)14-17-6-4-5-7-17/h1-3,8-9,17,19,25H,4-7,10-16H2,(H,22,26). The van der Waals surface area contributed by atoms with Crippen LogP contribution in [0.15, 0.2) is 30.3 Å². The van der Waals surface area contributed by atoms with Gasteiger partial charge in [-0.2, -0.15) is 0 Å². The SMILES string of the molecule is O=C(CC1CCCC1)NCC(=O)N1CCN(CC(O)c2ccccc2)CC1. The minimum atomic E-state index is -0.511. The van der Waals surface area contributed by atoms with E-state index in [0.717, 1.165) is 31.5 Å². The van der Waals surface area contributed by atoms with E-state index < -0.39 is 6.10 Å². The molecule has 1 aromatic carbocycles. The number of amides is 2. The number of hydrogen-bond acceptors (Lipinski definition) is 4. The first-order chi connectivity index (χ1) is 13.1. The number of rotatable bonds is 7. The van der Waals surface area contributed by atoms with Crippen LogP contribution < -0.4 is 5.32 Å². The van der Waals surface area contributed by atoms with Crippen LogP contribution in [0.3, 0.4) is 0 Å². The first-order valence-corrected chi connectivity index (χ1v) is 10.1. The van der Waals surface area contributed by atoms with E-state index in [-0.39, 0.29) is 18.4 Å². The highest BCUT2D eigenvalue weighted by molar-refractivity contribution is 5.84. The molecule has 1 saturated heterocycles. The second kappa shape index (κ2) is 9.85. The van der Waals surface area contributed by atoms with Gasteiger partial charge in [-0.3, -0.25) is 14.5 Å². The molecular formula is C21H31N3O3. The van der Waals surface area contributed by atoms with Gasteiger partial charge in [0.1, 0.15) is 0 Å². The molecule has 0 aromatic heterocycles. The molecule has 2 amide bonds. The van der Waals surface area contributed by atoms with Gasteiger partial charge in [-0.05, 0) is 24.3 Å². The van der Waals surface area contributed by atoms with Gasteiger partial charge in [0, 0.05) is 39.1 Å². The Morgan fingerprint density at radius 2 is 1.74 bits per heavy atom. The fraction of sp³-hybridized carbons (Fsp3) is 0.619. The van der Waals surface area contributed by atoms with E-state index in [1.165, 1.54) is 12.8 Å². The van der Waals surface area contributed by atoms with Crippen LogP contribution in [0.1, 0.15) is 43.8 Å². The van der Waals surface area contributed by atoms with Crippen LogP contribution in [-0.2, 0) is 9.59 Å². The highest BCUT2D eigenvalue weighted by Gasteiger charge is 2.24. The second-order valence-corrected chi connectivity index (χ2v) is 7.74. The molecule has 1 saturated carbocycles. The maximum Gasteiger partial charge on any atom is 0.242 e. The minimum Gasteiger partial charge on any atom is -0.387 e. The molecule has 148 valence electrons. The number of nitrogens with zero attached hydrogens (tertiary/aromatic N) is 2. The fourth-order valence-electron chi connectivity index (χ4n) is 4.04. The van der Waals surface area contributed by atoms with Gasteiger partial charge >= 0.3 is 0 Å². The molecule has 2 fully saturated rings. The summed E-state index contributed by atoms with van der Waals surface area (Å²) in [4.78, 5) is 28.3. The monoisotopic (exact) mass is 373 g/mol. The van der Waals surface area contributed by atoms with Crippen molar-refractivity contribution in [3.63, 3.8) is 0 Å². The van der Waals surface area contributed by atoms with Gasteiger partial charge < -0.3 is 15.3 Å². The topological polar surface area (TPSA) is 72.9 Å². The second-order valence-electron chi connectivity index (χ2n) is 7.74. The van der Waals surface area contributed by atoms with E-state index in [1.54, 1.807) is 4.90 Å². The van der Waals surface area contributed by atoms with Crippen LogP contribution >= 0.6 is 0 Å². The molecule has 0 spiro atoms. The third-order valence-corrected chi connectivity index (χ3v) is 5.73. The molecule has 0 bridgehead atoms. The molecule has 1 aromatic rings. The lowest BCUT2D eigenvalue weighted by molar-refractivity contribution is -0.134. The van der Waals surface area contributed by atoms with E-state index in [2.05, 4.69) is 10.2 Å². The Labute approximate surface area is 161 Å². The zero-order valence-corrected chi connectivity index (χ0v) is 16.0. The van der Waals surface area contributed by atoms with E-state index in [4.69, 9.17) is 0 Å². The third-order valence-electron chi connectivity index (χ3n) is 5.73. The number of carbonyl (C=O) groups is 2. The van der Waals surface area contributed by atoms with Crippen molar-refractivity contribution in [1.29, 1.82) is 0 Å². The maximum atomic E-state index is 12.3. The van der Waals surface area contributed by atoms with Crippen LogP contribution in [0.2, 0.25) is 0 Å². The van der Waals surface area contributed by atoms with Crippen LogP contribution in [0, 0.1) is 5.92 Å². The largest absolute Gasteiger partial charge is 0.387 e. The van der Waals surface area contributed by atoms with Crippen molar-refractivity contribution in [3.05, 3.63) is 35.9 Å². The molecule has 1 unspecified atom stereocenters. The number of β-amino-alcohol motifs (C(OH)–C–C–N with tert-alkyl or cyclic N) is 1. The third kappa shape index (κ3) is 6.04. The van der Waals surface area contributed by atoms with Crippen molar-refractivity contribution in [2.24, 2.45) is 5.92 Å². The summed E-state index contributed by atoms with van der Waals surface area (Å²) in [5.74, 6) is 0.484. The van der Waals surface area contributed by atoms with Gasteiger partial charge in [0.2, 0.25) is 11.8 Å². The summed E-state index contributed by atoms with van der Waals surface area (Å²) in [5, 5.41) is 13.1. The summed E-state index contributed by atoms with van der Waals surface area (Å²) >= 11 is 0. The molecule has 6 heteroatoms. The Morgan fingerprint density at radius 3 is 2.41 bits per heavy atom. The van der Waals surface area contributed by atoms with E-state index in [0.29, 0.717) is 32.0 Å². The van der Waals surface area contributed by atoms with E-state index >= 15 is 0 Å². The van der Waals surface area contributed by atoms with Crippen molar-refractivity contribution < 1.29 is 14.7 Å². The van der Waals surface area contributed by atoms with Gasteiger partial charge in [0.25, 0.3) is 0 Å². The Bertz CT molecular complexity index is 608. The lowest BCUT2D eigenvalue weighted by Gasteiger charge is -2.35. The van der Waals surface area contributed by atoms with Gasteiger partial charge in [0.15, 0.2) is 0 Å². The van der Waals surface area contributed by atoms with Crippen molar-refractivity contribution >= 4 is 11.8 Å². The molecular weight excluding hydrogens is 342 g/mol. The summed E-state index contributed by atoms with van der Waals surface area (Å²) in [5.41, 5.74) is 0.918. The Balaban J connectivity index is 1.34. The fourth-order valence-corrected chi connectivity index (χ4v) is 4.04. The van der Waals surface area contributed by atoms with E-state index in [1.807, 2.05) is 30.3 Å². The predicted octanol–water partition coefficient (Wildman–Crippen LogP) is 1.56. The van der Waals surface area contributed by atoms with Gasteiger partial charge in [0.05, 0.1) is 12.6 Å². The van der Waals surface area contributed by atoms with Crippen molar-refractivity contribution in [2.75, 3.05) is 39.3 Å².